The van der Waals surface area contributed by atoms with E-state index in [4.69, 9.17) is 0 Å². The number of alkyl halides is 3. The molecule has 0 aromatic heterocycles. The van der Waals surface area contributed by atoms with Gasteiger partial charge in [-0.05, 0) is 61.5 Å². The van der Waals surface area contributed by atoms with Gasteiger partial charge in [0, 0.05) is 16.3 Å². The molecule has 1 aliphatic heterocycles. The first kappa shape index (κ1) is 17.1. The molecule has 2 aromatic carbocycles. The Balaban J connectivity index is 2.09. The smallest absolute Gasteiger partial charge is 0.309 e. The van der Waals surface area contributed by atoms with Crippen LogP contribution in [0, 0.1) is 0 Å². The van der Waals surface area contributed by atoms with Crippen LogP contribution in [-0.4, -0.2) is 25.5 Å². The predicted molar refractivity (Wildman–Crippen MR) is 92.3 cm³/mol. The molecule has 1 heterocycles. The van der Waals surface area contributed by atoms with Crippen molar-refractivity contribution in [2.45, 2.75) is 22.4 Å². The summed E-state index contributed by atoms with van der Waals surface area (Å²) in [6.07, 6.45) is -1.49. The number of halogens is 3. The third-order valence-electron chi connectivity index (χ3n) is 3.92. The summed E-state index contributed by atoms with van der Waals surface area (Å²) in [5.41, 5.74) is 1.98. The lowest BCUT2D eigenvalue weighted by Crippen LogP contribution is -2.12. The molecule has 126 valence electrons. The molecule has 1 nitrogen and oxygen atoms in total. The van der Waals surface area contributed by atoms with Gasteiger partial charge in [0.1, 0.15) is 0 Å². The molecule has 0 unspecified atom stereocenters. The van der Waals surface area contributed by atoms with Gasteiger partial charge in [0.05, 0.1) is 5.56 Å². The van der Waals surface area contributed by atoms with E-state index in [2.05, 4.69) is 11.0 Å². The van der Waals surface area contributed by atoms with Crippen LogP contribution in [0.4, 0.5) is 13.2 Å². The summed E-state index contributed by atoms with van der Waals surface area (Å²) in [7, 11) is 3.97. The molecule has 3 rings (SSSR count). The van der Waals surface area contributed by atoms with Crippen LogP contribution in [0.15, 0.2) is 58.3 Å². The molecule has 24 heavy (non-hydrogen) atoms. The Morgan fingerprint density at radius 3 is 2.42 bits per heavy atom. The van der Waals surface area contributed by atoms with E-state index in [0.29, 0.717) is 5.56 Å². The van der Waals surface area contributed by atoms with Crippen molar-refractivity contribution in [2.24, 2.45) is 0 Å². The van der Waals surface area contributed by atoms with Gasteiger partial charge in [0.15, 0.2) is 0 Å². The van der Waals surface area contributed by atoms with Crippen LogP contribution in [0.5, 0.6) is 0 Å². The zero-order valence-corrected chi connectivity index (χ0v) is 14.3. The Hall–Kier alpha value is -1.72. The van der Waals surface area contributed by atoms with Gasteiger partial charge in [-0.2, -0.15) is 13.2 Å². The van der Waals surface area contributed by atoms with Gasteiger partial charge in [-0.3, -0.25) is 0 Å². The summed E-state index contributed by atoms with van der Waals surface area (Å²) in [5.74, 6) is 0. The van der Waals surface area contributed by atoms with Crippen LogP contribution < -0.4 is 0 Å². The van der Waals surface area contributed by atoms with E-state index >= 15 is 0 Å². The Kier molecular flexibility index (Phi) is 4.74. The van der Waals surface area contributed by atoms with Crippen molar-refractivity contribution in [1.82, 2.24) is 4.90 Å². The predicted octanol–water partition coefficient (Wildman–Crippen LogP) is 5.55. The van der Waals surface area contributed by atoms with Gasteiger partial charge in [0.25, 0.3) is 0 Å². The maximum atomic E-state index is 13.1. The van der Waals surface area contributed by atoms with Gasteiger partial charge >= 0.3 is 6.18 Å². The van der Waals surface area contributed by atoms with E-state index in [1.54, 1.807) is 6.07 Å². The fourth-order valence-corrected chi connectivity index (χ4v) is 3.82. The first-order chi connectivity index (χ1) is 11.4. The normalized spacial score (nSPS) is 15.5. The van der Waals surface area contributed by atoms with E-state index in [1.165, 1.54) is 17.8 Å². The van der Waals surface area contributed by atoms with Crippen molar-refractivity contribution >= 4 is 17.3 Å². The van der Waals surface area contributed by atoms with Crippen LogP contribution in [-0.2, 0) is 6.18 Å². The maximum Gasteiger partial charge on any atom is 0.416 e. The van der Waals surface area contributed by atoms with Gasteiger partial charge in [-0.15, -0.1) is 0 Å². The lowest BCUT2D eigenvalue weighted by molar-refractivity contribution is -0.137. The van der Waals surface area contributed by atoms with E-state index in [1.807, 2.05) is 38.4 Å². The minimum atomic E-state index is -4.33. The van der Waals surface area contributed by atoms with Crippen molar-refractivity contribution in [3.8, 4) is 0 Å². The number of hydrogen-bond donors (Lipinski definition) is 0. The number of nitrogens with zero attached hydrogens (tertiary/aromatic N) is 1. The molecular weight excluding hydrogens is 331 g/mol. The first-order valence-corrected chi connectivity index (χ1v) is 8.51. The van der Waals surface area contributed by atoms with Crippen LogP contribution in [0.1, 0.15) is 23.1 Å². The molecule has 0 amide bonds. The quantitative estimate of drug-likeness (QED) is 0.609. The number of rotatable bonds is 3. The molecule has 0 aliphatic carbocycles. The average Bonchev–Trinajstić information content (AvgIpc) is 2.52. The van der Waals surface area contributed by atoms with Gasteiger partial charge < -0.3 is 4.90 Å². The summed E-state index contributed by atoms with van der Waals surface area (Å²) in [4.78, 5) is 4.02. The zero-order valence-electron chi connectivity index (χ0n) is 13.5. The highest BCUT2D eigenvalue weighted by Crippen LogP contribution is 2.46. The van der Waals surface area contributed by atoms with Gasteiger partial charge in [0.2, 0.25) is 0 Å². The monoisotopic (exact) mass is 349 g/mol. The van der Waals surface area contributed by atoms with Crippen LogP contribution in [0.3, 0.4) is 0 Å². The third kappa shape index (κ3) is 3.52. The highest BCUT2D eigenvalue weighted by atomic mass is 32.2. The van der Waals surface area contributed by atoms with Crippen molar-refractivity contribution < 1.29 is 13.2 Å². The Morgan fingerprint density at radius 1 is 1.00 bits per heavy atom. The lowest BCUT2D eigenvalue weighted by Gasteiger charge is -2.23. The molecule has 0 fully saturated rings. The van der Waals surface area contributed by atoms with E-state index < -0.39 is 11.7 Å². The molecule has 0 atom stereocenters. The van der Waals surface area contributed by atoms with E-state index in [9.17, 15) is 13.2 Å². The molecule has 5 heteroatoms. The topological polar surface area (TPSA) is 3.24 Å². The van der Waals surface area contributed by atoms with Crippen LogP contribution in [0.25, 0.3) is 5.57 Å². The summed E-state index contributed by atoms with van der Waals surface area (Å²) in [6.45, 7) is 0.854. The SMILES string of the molecule is CN(C)CC/C=C1/c2ccccc2Sc2ccc(C(F)(F)F)cc21. The fraction of sp³-hybridized carbons (Fsp3) is 0.263. The second kappa shape index (κ2) is 6.65. The Bertz CT molecular complexity index is 778. The first-order valence-electron chi connectivity index (χ1n) is 7.70. The molecule has 2 aromatic rings. The molecule has 0 saturated carbocycles. The Morgan fingerprint density at radius 2 is 1.71 bits per heavy atom. The standard InChI is InChI=1S/C19H18F3NS/c1-23(2)11-5-7-14-15-6-3-4-8-17(15)24-18-10-9-13(12-16(14)18)19(20,21)22/h3-4,6-10,12H,5,11H2,1-2H3/b14-7-. The van der Waals surface area contributed by atoms with Crippen molar-refractivity contribution in [1.29, 1.82) is 0 Å². The summed E-state index contributed by atoms with van der Waals surface area (Å²) in [5, 5.41) is 0. The summed E-state index contributed by atoms with van der Waals surface area (Å²) < 4.78 is 39.3. The number of fused-ring (bicyclic) bond motifs is 2. The minimum absolute atomic E-state index is 0.597. The molecule has 0 bridgehead atoms. The number of hydrogen-bond acceptors (Lipinski definition) is 2. The molecule has 0 radical (unpaired) electrons. The number of benzene rings is 2. The zero-order chi connectivity index (χ0) is 17.3. The van der Waals surface area contributed by atoms with E-state index in [-0.39, 0.29) is 0 Å². The lowest BCUT2D eigenvalue weighted by atomic mass is 9.94. The highest BCUT2D eigenvalue weighted by Gasteiger charge is 2.32. The summed E-state index contributed by atoms with van der Waals surface area (Å²) >= 11 is 1.53. The average molecular weight is 349 g/mol. The van der Waals surface area contributed by atoms with Crippen LogP contribution in [0.2, 0.25) is 0 Å². The second-order valence-electron chi connectivity index (χ2n) is 6.02. The second-order valence-corrected chi connectivity index (χ2v) is 7.10. The maximum absolute atomic E-state index is 13.1. The molecule has 0 saturated heterocycles. The van der Waals surface area contributed by atoms with Crippen molar-refractivity contribution in [3.63, 3.8) is 0 Å². The molecular formula is C19H18F3NS. The van der Waals surface area contributed by atoms with Gasteiger partial charge in [-0.25, -0.2) is 0 Å². The molecule has 1 aliphatic rings. The van der Waals surface area contributed by atoms with Crippen LogP contribution >= 0.6 is 11.8 Å². The molecule has 0 N–H and O–H groups in total. The molecule has 0 spiro atoms. The van der Waals surface area contributed by atoms with E-state index in [0.717, 1.165) is 40.0 Å². The minimum Gasteiger partial charge on any atom is -0.309 e. The largest absolute Gasteiger partial charge is 0.416 e. The Labute approximate surface area is 144 Å². The fourth-order valence-electron chi connectivity index (χ4n) is 2.73. The van der Waals surface area contributed by atoms with Gasteiger partial charge in [-0.1, -0.05) is 36.0 Å². The summed E-state index contributed by atoms with van der Waals surface area (Å²) in [6, 6.07) is 11.9. The van der Waals surface area contributed by atoms with Crippen molar-refractivity contribution in [3.05, 3.63) is 65.2 Å². The van der Waals surface area contributed by atoms with Crippen molar-refractivity contribution in [2.75, 3.05) is 20.6 Å². The third-order valence-corrected chi connectivity index (χ3v) is 5.07. The highest BCUT2D eigenvalue weighted by molar-refractivity contribution is 7.99.